The van der Waals surface area contributed by atoms with E-state index in [2.05, 4.69) is 10.1 Å². The van der Waals surface area contributed by atoms with Crippen molar-refractivity contribution in [2.75, 3.05) is 19.7 Å². The Morgan fingerprint density at radius 2 is 2.20 bits per heavy atom. The predicted octanol–water partition coefficient (Wildman–Crippen LogP) is 1.34. The van der Waals surface area contributed by atoms with Crippen molar-refractivity contribution in [3.8, 4) is 0 Å². The highest BCUT2D eigenvalue weighted by atomic mass is 19.4. The summed E-state index contributed by atoms with van der Waals surface area (Å²) in [5, 5.41) is 2.64. The van der Waals surface area contributed by atoms with Crippen molar-refractivity contribution in [1.29, 1.82) is 0 Å². The van der Waals surface area contributed by atoms with Crippen molar-refractivity contribution >= 4 is 5.97 Å². The second kappa shape index (κ2) is 4.83. The van der Waals surface area contributed by atoms with Gasteiger partial charge in [0.25, 0.3) is 0 Å². The third kappa shape index (κ3) is 3.09. The SMILES string of the molecule is CCOC(=O)[C@H]1CCNC[C@H]1C(F)(F)F. The molecule has 3 nitrogen and oxygen atoms in total. The number of halogens is 3. The van der Waals surface area contributed by atoms with E-state index < -0.39 is 24.0 Å². The van der Waals surface area contributed by atoms with E-state index in [0.717, 1.165) is 0 Å². The molecule has 2 atom stereocenters. The Morgan fingerprint density at radius 3 is 2.73 bits per heavy atom. The third-order valence-corrected chi connectivity index (χ3v) is 2.49. The van der Waals surface area contributed by atoms with Crippen LogP contribution in [0.3, 0.4) is 0 Å². The molecule has 0 radical (unpaired) electrons. The molecule has 0 spiro atoms. The first-order valence-electron chi connectivity index (χ1n) is 4.91. The highest BCUT2D eigenvalue weighted by molar-refractivity contribution is 5.73. The van der Waals surface area contributed by atoms with E-state index in [1.165, 1.54) is 0 Å². The number of rotatable bonds is 2. The number of esters is 1. The number of ether oxygens (including phenoxy) is 1. The molecular formula is C9H14F3NO2. The summed E-state index contributed by atoms with van der Waals surface area (Å²) in [5.74, 6) is -3.40. The Labute approximate surface area is 86.0 Å². The van der Waals surface area contributed by atoms with Gasteiger partial charge in [-0.05, 0) is 19.9 Å². The fourth-order valence-electron chi connectivity index (χ4n) is 1.73. The van der Waals surface area contributed by atoms with Crippen LogP contribution in [0.5, 0.6) is 0 Å². The lowest BCUT2D eigenvalue weighted by Gasteiger charge is -2.31. The Balaban J connectivity index is 2.70. The lowest BCUT2D eigenvalue weighted by Crippen LogP contribution is -2.47. The van der Waals surface area contributed by atoms with Gasteiger partial charge < -0.3 is 10.1 Å². The molecule has 6 heteroatoms. The van der Waals surface area contributed by atoms with Crippen LogP contribution < -0.4 is 5.32 Å². The van der Waals surface area contributed by atoms with E-state index in [0.29, 0.717) is 6.54 Å². The summed E-state index contributed by atoms with van der Waals surface area (Å²) in [7, 11) is 0. The molecule has 0 aromatic heterocycles. The largest absolute Gasteiger partial charge is 0.466 e. The lowest BCUT2D eigenvalue weighted by atomic mass is 9.86. The maximum atomic E-state index is 12.5. The van der Waals surface area contributed by atoms with Gasteiger partial charge in [0, 0.05) is 6.54 Å². The van der Waals surface area contributed by atoms with Crippen LogP contribution >= 0.6 is 0 Å². The molecule has 88 valence electrons. The van der Waals surface area contributed by atoms with Crippen molar-refractivity contribution in [3.63, 3.8) is 0 Å². The first kappa shape index (κ1) is 12.3. The number of hydrogen-bond donors (Lipinski definition) is 1. The van der Waals surface area contributed by atoms with Gasteiger partial charge in [-0.1, -0.05) is 0 Å². The molecule has 1 aliphatic heterocycles. The summed E-state index contributed by atoms with van der Waals surface area (Å²) < 4.78 is 42.3. The number of alkyl halides is 3. The molecule has 1 rings (SSSR count). The van der Waals surface area contributed by atoms with Gasteiger partial charge in [0.2, 0.25) is 0 Å². The topological polar surface area (TPSA) is 38.3 Å². The standard InChI is InChI=1S/C9H14F3NO2/c1-2-15-8(14)6-3-4-13-5-7(6)9(10,11)12/h6-7,13H,2-5H2,1H3/t6-,7+/m0/s1. The minimum Gasteiger partial charge on any atom is -0.466 e. The van der Waals surface area contributed by atoms with Crippen LogP contribution in [-0.2, 0) is 9.53 Å². The normalized spacial score (nSPS) is 27.5. The summed E-state index contributed by atoms with van der Waals surface area (Å²) in [5.41, 5.74) is 0. The van der Waals surface area contributed by atoms with Gasteiger partial charge in [-0.2, -0.15) is 13.2 Å². The zero-order valence-electron chi connectivity index (χ0n) is 8.43. The van der Waals surface area contributed by atoms with E-state index in [4.69, 9.17) is 0 Å². The molecular weight excluding hydrogens is 211 g/mol. The minimum atomic E-state index is -4.34. The Kier molecular flexibility index (Phi) is 3.96. The second-order valence-corrected chi connectivity index (χ2v) is 3.50. The van der Waals surface area contributed by atoms with Crippen molar-refractivity contribution in [3.05, 3.63) is 0 Å². The van der Waals surface area contributed by atoms with Gasteiger partial charge in [-0.15, -0.1) is 0 Å². The number of hydrogen-bond acceptors (Lipinski definition) is 3. The third-order valence-electron chi connectivity index (χ3n) is 2.49. The van der Waals surface area contributed by atoms with Gasteiger partial charge in [0.05, 0.1) is 18.4 Å². The molecule has 1 N–H and O–H groups in total. The van der Waals surface area contributed by atoms with Gasteiger partial charge in [-0.25, -0.2) is 0 Å². The monoisotopic (exact) mass is 225 g/mol. The van der Waals surface area contributed by atoms with Gasteiger partial charge in [0.15, 0.2) is 0 Å². The maximum absolute atomic E-state index is 12.5. The van der Waals surface area contributed by atoms with Crippen LogP contribution in [0.2, 0.25) is 0 Å². The van der Waals surface area contributed by atoms with E-state index >= 15 is 0 Å². The number of carbonyl (C=O) groups excluding carboxylic acids is 1. The molecule has 1 aliphatic rings. The predicted molar refractivity (Wildman–Crippen MR) is 47.2 cm³/mol. The number of carbonyl (C=O) groups is 1. The maximum Gasteiger partial charge on any atom is 0.393 e. The van der Waals surface area contributed by atoms with Gasteiger partial charge >= 0.3 is 12.1 Å². The first-order chi connectivity index (χ1) is 6.96. The van der Waals surface area contributed by atoms with E-state index in [1.54, 1.807) is 6.92 Å². The molecule has 0 bridgehead atoms. The molecule has 0 aromatic carbocycles. The smallest absolute Gasteiger partial charge is 0.393 e. The number of nitrogens with one attached hydrogen (secondary N) is 1. The van der Waals surface area contributed by atoms with Gasteiger partial charge in [-0.3, -0.25) is 4.79 Å². The zero-order chi connectivity index (χ0) is 11.5. The van der Waals surface area contributed by atoms with Crippen molar-refractivity contribution < 1.29 is 22.7 Å². The molecule has 0 aliphatic carbocycles. The summed E-state index contributed by atoms with van der Waals surface area (Å²) in [4.78, 5) is 11.3. The number of piperidine rings is 1. The minimum absolute atomic E-state index is 0.118. The molecule has 0 aromatic rings. The molecule has 1 fully saturated rings. The first-order valence-corrected chi connectivity index (χ1v) is 4.91. The quantitative estimate of drug-likeness (QED) is 0.721. The van der Waals surface area contributed by atoms with Crippen LogP contribution in [0.1, 0.15) is 13.3 Å². The highest BCUT2D eigenvalue weighted by Crippen LogP contribution is 2.35. The molecule has 15 heavy (non-hydrogen) atoms. The summed E-state index contributed by atoms with van der Waals surface area (Å²) in [6, 6.07) is 0. The van der Waals surface area contributed by atoms with Crippen LogP contribution in [0.4, 0.5) is 13.2 Å². The van der Waals surface area contributed by atoms with Crippen LogP contribution in [0.25, 0.3) is 0 Å². The Hall–Kier alpha value is -0.780. The summed E-state index contributed by atoms with van der Waals surface area (Å²) >= 11 is 0. The van der Waals surface area contributed by atoms with Gasteiger partial charge in [0.1, 0.15) is 0 Å². The summed E-state index contributed by atoms with van der Waals surface area (Å²) in [6.45, 7) is 1.93. The Morgan fingerprint density at radius 1 is 1.53 bits per heavy atom. The van der Waals surface area contributed by atoms with Crippen molar-refractivity contribution in [2.24, 2.45) is 11.8 Å². The molecule has 1 heterocycles. The lowest BCUT2D eigenvalue weighted by molar-refractivity contribution is -0.201. The summed E-state index contributed by atoms with van der Waals surface area (Å²) in [6.07, 6.45) is -4.16. The molecule has 0 amide bonds. The average molecular weight is 225 g/mol. The van der Waals surface area contributed by atoms with E-state index in [-0.39, 0.29) is 19.6 Å². The molecule has 1 saturated heterocycles. The molecule has 0 unspecified atom stereocenters. The fourth-order valence-corrected chi connectivity index (χ4v) is 1.73. The second-order valence-electron chi connectivity index (χ2n) is 3.50. The van der Waals surface area contributed by atoms with Crippen molar-refractivity contribution in [1.82, 2.24) is 5.32 Å². The zero-order valence-corrected chi connectivity index (χ0v) is 8.43. The fraction of sp³-hybridized carbons (Fsp3) is 0.889. The van der Waals surface area contributed by atoms with E-state index in [1.807, 2.05) is 0 Å². The van der Waals surface area contributed by atoms with Crippen molar-refractivity contribution in [2.45, 2.75) is 19.5 Å². The highest BCUT2D eigenvalue weighted by Gasteiger charge is 2.48. The van der Waals surface area contributed by atoms with Crippen LogP contribution in [-0.4, -0.2) is 31.8 Å². The Bertz CT molecular complexity index is 230. The van der Waals surface area contributed by atoms with Crippen LogP contribution in [0.15, 0.2) is 0 Å². The average Bonchev–Trinajstić information content (AvgIpc) is 2.17. The van der Waals surface area contributed by atoms with Crippen LogP contribution in [0, 0.1) is 11.8 Å². The molecule has 0 saturated carbocycles. The van der Waals surface area contributed by atoms with E-state index in [9.17, 15) is 18.0 Å².